The number of hydrogen-bond acceptors (Lipinski definition) is 4. The highest BCUT2D eigenvalue weighted by atomic mass is 32.2. The maximum Gasteiger partial charge on any atom is 0.337 e. The van der Waals surface area contributed by atoms with Crippen molar-refractivity contribution >= 4 is 28.8 Å². The van der Waals surface area contributed by atoms with Gasteiger partial charge in [0.15, 0.2) is 5.16 Å². The van der Waals surface area contributed by atoms with E-state index in [1.54, 1.807) is 48.5 Å². The Morgan fingerprint density at radius 2 is 1.92 bits per heavy atom. The fourth-order valence-electron chi connectivity index (χ4n) is 2.32. The molecule has 0 saturated heterocycles. The molecular weight excluding hydrogens is 334 g/mol. The summed E-state index contributed by atoms with van der Waals surface area (Å²) in [5.41, 5.74) is 2.31. The molecule has 0 aliphatic rings. The van der Waals surface area contributed by atoms with Gasteiger partial charge in [-0.25, -0.2) is 9.78 Å². The van der Waals surface area contributed by atoms with Crippen LogP contribution in [0.4, 0.5) is 8.78 Å². The molecule has 1 heterocycles. The third-order valence-electron chi connectivity index (χ3n) is 3.50. The van der Waals surface area contributed by atoms with E-state index in [1.807, 2.05) is 0 Å². The van der Waals surface area contributed by atoms with Crippen LogP contribution in [0.25, 0.3) is 11.0 Å². The molecule has 0 saturated carbocycles. The number of fused-ring (bicyclic) bond motifs is 1. The van der Waals surface area contributed by atoms with E-state index in [2.05, 4.69) is 9.72 Å². The molecule has 0 fully saturated rings. The van der Waals surface area contributed by atoms with E-state index in [-0.39, 0.29) is 5.16 Å². The fraction of sp³-hybridized carbons (Fsp3) is 0.176. The van der Waals surface area contributed by atoms with Gasteiger partial charge in [-0.15, -0.1) is 0 Å². The lowest BCUT2D eigenvalue weighted by Gasteiger charge is -2.07. The summed E-state index contributed by atoms with van der Waals surface area (Å²) in [5, 5.41) is 0.267. The highest BCUT2D eigenvalue weighted by Crippen LogP contribution is 2.30. The van der Waals surface area contributed by atoms with Crippen LogP contribution in [0, 0.1) is 0 Å². The quantitative estimate of drug-likeness (QED) is 0.503. The largest absolute Gasteiger partial charge is 0.465 e. The van der Waals surface area contributed by atoms with E-state index in [0.29, 0.717) is 22.3 Å². The van der Waals surface area contributed by atoms with Crippen molar-refractivity contribution in [2.45, 2.75) is 17.5 Å². The van der Waals surface area contributed by atoms with Gasteiger partial charge in [0.1, 0.15) is 0 Å². The first-order valence-electron chi connectivity index (χ1n) is 7.15. The molecule has 24 heavy (non-hydrogen) atoms. The number of para-hydroxylation sites is 2. The molecule has 0 radical (unpaired) electrons. The molecule has 0 N–H and O–H groups in total. The van der Waals surface area contributed by atoms with Crippen LogP contribution in [0.1, 0.15) is 22.5 Å². The second-order valence-electron chi connectivity index (χ2n) is 5.01. The Balaban J connectivity index is 1.80. The van der Waals surface area contributed by atoms with Crippen LogP contribution < -0.4 is 0 Å². The Labute approximate surface area is 141 Å². The van der Waals surface area contributed by atoms with Crippen LogP contribution in [0.5, 0.6) is 0 Å². The van der Waals surface area contributed by atoms with Gasteiger partial charge in [0.05, 0.1) is 23.7 Å². The zero-order chi connectivity index (χ0) is 17.1. The zero-order valence-electron chi connectivity index (χ0n) is 12.8. The first-order valence-corrected chi connectivity index (χ1v) is 8.14. The number of halogens is 2. The molecule has 1 aromatic heterocycles. The number of esters is 1. The monoisotopic (exact) mass is 348 g/mol. The normalized spacial score (nSPS) is 11.2. The number of thioether (sulfide) groups is 1. The number of ether oxygens (including phenoxy) is 1. The van der Waals surface area contributed by atoms with Gasteiger partial charge in [-0.1, -0.05) is 36.0 Å². The van der Waals surface area contributed by atoms with Crippen LogP contribution in [0.15, 0.2) is 53.7 Å². The standard InChI is InChI=1S/C17H14F2N2O2S/c1-23-15(22)12-8-6-11(7-9-12)10-24-17-20-13-4-2-3-5-14(13)21(17)16(18)19/h2-9,16H,10H2,1H3. The maximum absolute atomic E-state index is 13.4. The number of carbonyl (C=O) groups is 1. The highest BCUT2D eigenvalue weighted by molar-refractivity contribution is 7.98. The SMILES string of the molecule is COC(=O)c1ccc(CSc2nc3ccccc3n2C(F)F)cc1. The summed E-state index contributed by atoms with van der Waals surface area (Å²) in [6, 6.07) is 13.7. The second kappa shape index (κ2) is 7.00. The molecule has 2 aromatic carbocycles. The molecule has 7 heteroatoms. The third-order valence-corrected chi connectivity index (χ3v) is 4.53. The van der Waals surface area contributed by atoms with Gasteiger partial charge >= 0.3 is 12.5 Å². The van der Waals surface area contributed by atoms with Gasteiger partial charge in [-0.3, -0.25) is 4.57 Å². The highest BCUT2D eigenvalue weighted by Gasteiger charge is 2.17. The summed E-state index contributed by atoms with van der Waals surface area (Å²) >= 11 is 1.23. The van der Waals surface area contributed by atoms with Crippen molar-refractivity contribution in [1.29, 1.82) is 0 Å². The van der Waals surface area contributed by atoms with E-state index in [9.17, 15) is 13.6 Å². The average Bonchev–Trinajstić information content (AvgIpc) is 2.98. The predicted octanol–water partition coefficient (Wildman–Crippen LogP) is 4.51. The van der Waals surface area contributed by atoms with Crippen molar-refractivity contribution < 1.29 is 18.3 Å². The summed E-state index contributed by atoms with van der Waals surface area (Å²) in [6.07, 6.45) is 0. The molecule has 0 bridgehead atoms. The van der Waals surface area contributed by atoms with Gasteiger partial charge < -0.3 is 4.74 Å². The number of hydrogen-bond donors (Lipinski definition) is 0. The van der Waals surface area contributed by atoms with Crippen LogP contribution in [0.2, 0.25) is 0 Å². The Morgan fingerprint density at radius 1 is 1.21 bits per heavy atom. The average molecular weight is 348 g/mol. The van der Waals surface area contributed by atoms with E-state index in [0.717, 1.165) is 10.1 Å². The Hall–Kier alpha value is -2.41. The lowest BCUT2D eigenvalue weighted by Crippen LogP contribution is -2.01. The number of methoxy groups -OCH3 is 1. The summed E-state index contributed by atoms with van der Waals surface area (Å²) in [6.45, 7) is -2.65. The first kappa shape index (κ1) is 16.4. The molecule has 0 aliphatic carbocycles. The van der Waals surface area contributed by atoms with E-state index < -0.39 is 12.5 Å². The lowest BCUT2D eigenvalue weighted by atomic mass is 10.1. The number of aromatic nitrogens is 2. The van der Waals surface area contributed by atoms with Gasteiger partial charge in [0.25, 0.3) is 0 Å². The van der Waals surface area contributed by atoms with E-state index in [4.69, 9.17) is 0 Å². The third kappa shape index (κ3) is 3.26. The number of alkyl halides is 2. The van der Waals surface area contributed by atoms with Crippen LogP contribution in [-0.2, 0) is 10.5 Å². The molecule has 4 nitrogen and oxygen atoms in total. The van der Waals surface area contributed by atoms with Crippen molar-refractivity contribution in [1.82, 2.24) is 9.55 Å². The van der Waals surface area contributed by atoms with Gasteiger partial charge in [0.2, 0.25) is 0 Å². The lowest BCUT2D eigenvalue weighted by molar-refractivity contribution is 0.0600. The molecule has 0 aliphatic heterocycles. The molecule has 0 spiro atoms. The molecule has 124 valence electrons. The summed E-state index contributed by atoms with van der Waals surface area (Å²) in [4.78, 5) is 15.7. The number of benzene rings is 2. The molecular formula is C17H14F2N2O2S. The van der Waals surface area contributed by atoms with Gasteiger partial charge in [-0.05, 0) is 29.8 Å². The number of imidazole rings is 1. The van der Waals surface area contributed by atoms with E-state index >= 15 is 0 Å². The molecule has 0 amide bonds. The summed E-state index contributed by atoms with van der Waals surface area (Å²) in [7, 11) is 1.32. The Bertz CT molecular complexity index is 863. The van der Waals surface area contributed by atoms with Crippen LogP contribution in [-0.4, -0.2) is 22.6 Å². The van der Waals surface area contributed by atoms with Crippen molar-refractivity contribution in [3.05, 3.63) is 59.7 Å². The minimum Gasteiger partial charge on any atom is -0.465 e. The van der Waals surface area contributed by atoms with Crippen LogP contribution >= 0.6 is 11.8 Å². The summed E-state index contributed by atoms with van der Waals surface area (Å²) in [5.74, 6) is 0.0611. The number of nitrogens with zero attached hydrogens (tertiary/aromatic N) is 2. The molecule has 0 unspecified atom stereocenters. The topological polar surface area (TPSA) is 44.1 Å². The van der Waals surface area contributed by atoms with Crippen LogP contribution in [0.3, 0.4) is 0 Å². The predicted molar refractivity (Wildman–Crippen MR) is 88.3 cm³/mol. The van der Waals surface area contributed by atoms with Gasteiger partial charge in [-0.2, -0.15) is 8.78 Å². The fourth-order valence-corrected chi connectivity index (χ4v) is 3.28. The summed E-state index contributed by atoms with van der Waals surface area (Å²) < 4.78 is 32.3. The molecule has 3 aromatic rings. The van der Waals surface area contributed by atoms with Crippen molar-refractivity contribution in [3.8, 4) is 0 Å². The second-order valence-corrected chi connectivity index (χ2v) is 5.95. The Kier molecular flexibility index (Phi) is 4.80. The maximum atomic E-state index is 13.4. The van der Waals surface area contributed by atoms with Crippen molar-refractivity contribution in [2.75, 3.05) is 7.11 Å². The minimum absolute atomic E-state index is 0.267. The Morgan fingerprint density at radius 3 is 2.58 bits per heavy atom. The van der Waals surface area contributed by atoms with E-state index in [1.165, 1.54) is 18.9 Å². The zero-order valence-corrected chi connectivity index (χ0v) is 13.6. The van der Waals surface area contributed by atoms with Crippen molar-refractivity contribution in [2.24, 2.45) is 0 Å². The van der Waals surface area contributed by atoms with Gasteiger partial charge in [0, 0.05) is 5.75 Å². The first-order chi connectivity index (χ1) is 11.6. The number of carbonyl (C=O) groups excluding carboxylic acids is 1. The number of rotatable bonds is 5. The van der Waals surface area contributed by atoms with Crippen molar-refractivity contribution in [3.63, 3.8) is 0 Å². The minimum atomic E-state index is -2.65. The molecule has 0 atom stereocenters. The smallest absolute Gasteiger partial charge is 0.337 e. The molecule has 3 rings (SSSR count).